The number of allylic oxidation sites excluding steroid dienone is 1. The second-order valence-corrected chi connectivity index (χ2v) is 7.36. The van der Waals surface area contributed by atoms with E-state index in [0.29, 0.717) is 0 Å². The number of carbonyl (C=O) groups is 3. The van der Waals surface area contributed by atoms with E-state index in [4.69, 9.17) is 0 Å². The van der Waals surface area contributed by atoms with Gasteiger partial charge in [0.2, 0.25) is 0 Å². The standard InChI is InChI=1S/C26H18FNO5/c27-19-10-4-8-17(14-19)23-22(21(29)13-12-16-6-2-1-3-7-16)24(30)25(31)28(23)20-11-5-9-18(15-20)26(32)33/h1-15,23,30H,(H,32,33)/b13-12+/t23-/m1/s1. The maximum atomic E-state index is 14.1. The van der Waals surface area contributed by atoms with E-state index >= 15 is 0 Å². The number of hydrogen-bond donors (Lipinski definition) is 2. The first kappa shape index (κ1) is 21.7. The van der Waals surface area contributed by atoms with Crippen LogP contribution in [0.5, 0.6) is 0 Å². The molecule has 0 radical (unpaired) electrons. The molecule has 7 heteroatoms. The summed E-state index contributed by atoms with van der Waals surface area (Å²) in [5, 5.41) is 20.0. The molecule has 0 aliphatic carbocycles. The lowest BCUT2D eigenvalue weighted by atomic mass is 9.95. The molecule has 0 spiro atoms. The highest BCUT2D eigenvalue weighted by atomic mass is 19.1. The first-order chi connectivity index (χ1) is 15.9. The third-order valence-electron chi connectivity index (χ3n) is 5.24. The largest absolute Gasteiger partial charge is 0.503 e. The highest BCUT2D eigenvalue weighted by Gasteiger charge is 2.44. The average molecular weight is 443 g/mol. The van der Waals surface area contributed by atoms with Crippen molar-refractivity contribution in [2.45, 2.75) is 6.04 Å². The molecule has 1 aliphatic heterocycles. The monoisotopic (exact) mass is 443 g/mol. The number of ketones is 1. The van der Waals surface area contributed by atoms with Gasteiger partial charge in [0.1, 0.15) is 5.82 Å². The first-order valence-corrected chi connectivity index (χ1v) is 10.00. The Morgan fingerprint density at radius 2 is 1.67 bits per heavy atom. The van der Waals surface area contributed by atoms with Crippen molar-refractivity contribution in [1.29, 1.82) is 0 Å². The Hall–Kier alpha value is -4.52. The van der Waals surface area contributed by atoms with Crippen molar-refractivity contribution in [2.24, 2.45) is 0 Å². The number of aliphatic hydroxyl groups excluding tert-OH is 1. The molecule has 0 aromatic heterocycles. The molecule has 1 atom stereocenters. The van der Waals surface area contributed by atoms with E-state index in [9.17, 15) is 29.0 Å². The van der Waals surface area contributed by atoms with Gasteiger partial charge in [0.15, 0.2) is 11.5 Å². The van der Waals surface area contributed by atoms with Crippen LogP contribution in [0.25, 0.3) is 6.08 Å². The fourth-order valence-electron chi connectivity index (χ4n) is 3.73. The third-order valence-corrected chi connectivity index (χ3v) is 5.24. The zero-order valence-electron chi connectivity index (χ0n) is 17.2. The van der Waals surface area contributed by atoms with E-state index in [0.717, 1.165) is 10.5 Å². The molecule has 3 aromatic rings. The molecule has 33 heavy (non-hydrogen) atoms. The van der Waals surface area contributed by atoms with Crippen LogP contribution < -0.4 is 4.90 Å². The van der Waals surface area contributed by atoms with Crippen molar-refractivity contribution in [3.8, 4) is 0 Å². The number of rotatable bonds is 6. The van der Waals surface area contributed by atoms with Crippen LogP contribution in [0.1, 0.15) is 27.5 Å². The lowest BCUT2D eigenvalue weighted by Crippen LogP contribution is -2.31. The number of carboxylic acid groups (broad SMARTS) is 1. The Labute approximate surface area is 188 Å². The number of hydrogen-bond acceptors (Lipinski definition) is 4. The molecule has 0 fully saturated rings. The summed E-state index contributed by atoms with van der Waals surface area (Å²) < 4.78 is 14.1. The summed E-state index contributed by atoms with van der Waals surface area (Å²) in [6.45, 7) is 0. The van der Waals surface area contributed by atoms with Crippen molar-refractivity contribution >= 4 is 29.4 Å². The van der Waals surface area contributed by atoms with Gasteiger partial charge < -0.3 is 10.2 Å². The third kappa shape index (κ3) is 4.29. The number of carboxylic acids is 1. The highest BCUT2D eigenvalue weighted by molar-refractivity contribution is 6.20. The molecule has 0 unspecified atom stereocenters. The summed E-state index contributed by atoms with van der Waals surface area (Å²) in [4.78, 5) is 38.7. The van der Waals surface area contributed by atoms with Crippen LogP contribution in [0.15, 0.2) is 96.3 Å². The lowest BCUT2D eigenvalue weighted by Gasteiger charge is -2.27. The van der Waals surface area contributed by atoms with Crippen molar-refractivity contribution < 1.29 is 29.0 Å². The molecule has 4 rings (SSSR count). The number of benzene rings is 3. The SMILES string of the molecule is O=C(/C=C/c1ccccc1)C1=C(O)C(=O)N(c2cccc(C(=O)O)c2)[C@@H]1c1cccc(F)c1. The van der Waals surface area contributed by atoms with Gasteiger partial charge in [-0.3, -0.25) is 14.5 Å². The fourth-order valence-corrected chi connectivity index (χ4v) is 3.73. The van der Waals surface area contributed by atoms with Gasteiger partial charge in [-0.15, -0.1) is 0 Å². The van der Waals surface area contributed by atoms with E-state index in [1.807, 2.05) is 6.07 Å². The smallest absolute Gasteiger partial charge is 0.335 e. The van der Waals surface area contributed by atoms with Crippen molar-refractivity contribution in [1.82, 2.24) is 0 Å². The number of amides is 1. The Bertz CT molecular complexity index is 1310. The molecule has 0 bridgehead atoms. The van der Waals surface area contributed by atoms with Crippen LogP contribution in [0.3, 0.4) is 0 Å². The lowest BCUT2D eigenvalue weighted by molar-refractivity contribution is -0.117. The van der Waals surface area contributed by atoms with Crippen molar-refractivity contribution in [3.63, 3.8) is 0 Å². The predicted octanol–water partition coefficient (Wildman–Crippen LogP) is 4.71. The molecule has 164 valence electrons. The van der Waals surface area contributed by atoms with Gasteiger partial charge in [-0.1, -0.05) is 54.6 Å². The van der Waals surface area contributed by atoms with Gasteiger partial charge in [0, 0.05) is 5.69 Å². The van der Waals surface area contributed by atoms with E-state index in [2.05, 4.69) is 0 Å². The Balaban J connectivity index is 1.82. The van der Waals surface area contributed by atoms with E-state index in [1.54, 1.807) is 30.3 Å². The van der Waals surface area contributed by atoms with Gasteiger partial charge in [0.05, 0.1) is 17.2 Å². The van der Waals surface area contributed by atoms with E-state index < -0.39 is 35.3 Å². The summed E-state index contributed by atoms with van der Waals surface area (Å²) in [7, 11) is 0. The van der Waals surface area contributed by atoms with Crippen LogP contribution in [0.2, 0.25) is 0 Å². The van der Waals surface area contributed by atoms with Gasteiger partial charge in [-0.25, -0.2) is 9.18 Å². The maximum absolute atomic E-state index is 14.1. The quantitative estimate of drug-likeness (QED) is 0.538. The number of anilines is 1. The average Bonchev–Trinajstić information content (AvgIpc) is 3.09. The highest BCUT2D eigenvalue weighted by Crippen LogP contribution is 2.41. The van der Waals surface area contributed by atoms with Gasteiger partial charge in [0.25, 0.3) is 5.91 Å². The van der Waals surface area contributed by atoms with Gasteiger partial charge >= 0.3 is 5.97 Å². The summed E-state index contributed by atoms with van der Waals surface area (Å²) in [6.07, 6.45) is 2.78. The molecule has 1 aliphatic rings. The summed E-state index contributed by atoms with van der Waals surface area (Å²) in [5.74, 6) is -4.07. The minimum absolute atomic E-state index is 0.0819. The summed E-state index contributed by atoms with van der Waals surface area (Å²) >= 11 is 0. The molecule has 1 heterocycles. The molecule has 1 amide bonds. The number of aliphatic hydroxyl groups is 1. The molecule has 0 saturated carbocycles. The molecule has 3 aromatic carbocycles. The maximum Gasteiger partial charge on any atom is 0.335 e. The number of halogens is 1. The number of aromatic carboxylic acids is 1. The minimum Gasteiger partial charge on any atom is -0.503 e. The summed E-state index contributed by atoms with van der Waals surface area (Å²) in [5.41, 5.74) is 0.837. The van der Waals surface area contributed by atoms with Gasteiger partial charge in [-0.2, -0.15) is 0 Å². The van der Waals surface area contributed by atoms with Crippen LogP contribution in [-0.2, 0) is 9.59 Å². The number of carbonyl (C=O) groups excluding carboxylic acids is 2. The Morgan fingerprint density at radius 1 is 0.939 bits per heavy atom. The Kier molecular flexibility index (Phi) is 5.87. The normalized spacial score (nSPS) is 16.0. The van der Waals surface area contributed by atoms with Crippen LogP contribution in [0.4, 0.5) is 10.1 Å². The molecule has 0 saturated heterocycles. The topological polar surface area (TPSA) is 94.9 Å². The van der Waals surface area contributed by atoms with Crippen molar-refractivity contribution in [3.05, 3.63) is 119 Å². The molecular formula is C26H18FNO5. The first-order valence-electron chi connectivity index (χ1n) is 10.00. The Morgan fingerprint density at radius 3 is 2.36 bits per heavy atom. The van der Waals surface area contributed by atoms with Crippen LogP contribution in [-0.4, -0.2) is 27.9 Å². The molecule has 2 N–H and O–H groups in total. The number of nitrogens with zero attached hydrogens (tertiary/aromatic N) is 1. The van der Waals surface area contributed by atoms with E-state index in [1.165, 1.54) is 54.6 Å². The minimum atomic E-state index is -1.20. The predicted molar refractivity (Wildman–Crippen MR) is 120 cm³/mol. The zero-order valence-corrected chi connectivity index (χ0v) is 17.2. The van der Waals surface area contributed by atoms with Gasteiger partial charge in [-0.05, 0) is 47.5 Å². The molecular weight excluding hydrogens is 425 g/mol. The summed E-state index contributed by atoms with van der Waals surface area (Å²) in [6, 6.07) is 18.7. The zero-order chi connectivity index (χ0) is 23.5. The molecule has 6 nitrogen and oxygen atoms in total. The fraction of sp³-hybridized carbons (Fsp3) is 0.0385. The van der Waals surface area contributed by atoms with E-state index in [-0.39, 0.29) is 22.4 Å². The second-order valence-electron chi connectivity index (χ2n) is 7.36. The van der Waals surface area contributed by atoms with Crippen LogP contribution >= 0.6 is 0 Å². The van der Waals surface area contributed by atoms with Crippen LogP contribution in [0, 0.1) is 5.82 Å². The van der Waals surface area contributed by atoms with Crippen molar-refractivity contribution in [2.75, 3.05) is 4.90 Å². The second kappa shape index (κ2) is 8.92.